The molecule has 1 aromatic heterocycles. The van der Waals surface area contributed by atoms with Gasteiger partial charge >= 0.3 is 6.18 Å². The van der Waals surface area contributed by atoms with Gasteiger partial charge in [-0.1, -0.05) is 35.2 Å². The molecule has 0 spiro atoms. The second-order valence-corrected chi connectivity index (χ2v) is 6.01. The van der Waals surface area contributed by atoms with Crippen LogP contribution in [0.15, 0.2) is 34.1 Å². The van der Waals surface area contributed by atoms with E-state index in [0.29, 0.717) is 0 Å². The number of nitrogens with zero attached hydrogens (tertiary/aromatic N) is 2. The Bertz CT molecular complexity index is 494. The first-order valence-electron chi connectivity index (χ1n) is 5.07. The molecule has 0 saturated heterocycles. The monoisotopic (exact) mass is 290 g/mol. The summed E-state index contributed by atoms with van der Waals surface area (Å²) >= 11 is 2.89. The Morgan fingerprint density at radius 1 is 1.22 bits per heavy atom. The summed E-state index contributed by atoms with van der Waals surface area (Å²) in [5.41, 5.74) is 1.84. The molecule has 0 unspecified atom stereocenters. The third-order valence-corrected chi connectivity index (χ3v) is 4.29. The fourth-order valence-electron chi connectivity index (χ4n) is 1.38. The molecular formula is C11H9F3N2S2. The van der Waals surface area contributed by atoms with Crippen LogP contribution in [0.4, 0.5) is 13.2 Å². The van der Waals surface area contributed by atoms with E-state index < -0.39 is 11.7 Å². The Morgan fingerprint density at radius 2 is 1.89 bits per heavy atom. The van der Waals surface area contributed by atoms with Gasteiger partial charge in [0.05, 0.1) is 5.56 Å². The average molecular weight is 290 g/mol. The second kappa shape index (κ2) is 5.27. The molecule has 1 aromatic carbocycles. The Hall–Kier alpha value is -1.08. The molecule has 0 amide bonds. The maximum absolute atomic E-state index is 12.4. The van der Waals surface area contributed by atoms with E-state index in [1.807, 2.05) is 6.92 Å². The predicted molar refractivity (Wildman–Crippen MR) is 65.6 cm³/mol. The molecule has 96 valence electrons. The Labute approximate surface area is 110 Å². The highest BCUT2D eigenvalue weighted by Crippen LogP contribution is 2.36. The summed E-state index contributed by atoms with van der Waals surface area (Å²) in [4.78, 5) is 0. The third kappa shape index (κ3) is 3.23. The zero-order valence-corrected chi connectivity index (χ0v) is 10.9. The number of halogens is 3. The van der Waals surface area contributed by atoms with Crippen LogP contribution in [0.25, 0.3) is 0 Å². The highest BCUT2D eigenvalue weighted by atomic mass is 32.2. The third-order valence-electron chi connectivity index (χ3n) is 2.33. The number of alkyl halides is 3. The highest BCUT2D eigenvalue weighted by molar-refractivity contribution is 8.01. The van der Waals surface area contributed by atoms with E-state index in [0.717, 1.165) is 22.0 Å². The molecule has 7 heteroatoms. The second-order valence-electron chi connectivity index (χ2n) is 3.58. The van der Waals surface area contributed by atoms with Crippen LogP contribution in [0.2, 0.25) is 0 Å². The number of benzene rings is 1. The summed E-state index contributed by atoms with van der Waals surface area (Å²) in [6.07, 6.45) is -4.28. The van der Waals surface area contributed by atoms with Crippen molar-refractivity contribution in [2.45, 2.75) is 22.7 Å². The van der Waals surface area contributed by atoms with E-state index in [1.54, 1.807) is 5.51 Å². The van der Waals surface area contributed by atoms with Crippen molar-refractivity contribution in [3.8, 4) is 0 Å². The zero-order valence-electron chi connectivity index (χ0n) is 9.31. The highest BCUT2D eigenvalue weighted by Gasteiger charge is 2.30. The standard InChI is InChI=1S/C11H9F3N2S2/c1-7(18-10-16-15-6-17-10)8-2-4-9(5-3-8)11(12,13)14/h2-7H,1H3/t7-/m0/s1. The first-order valence-corrected chi connectivity index (χ1v) is 6.83. The van der Waals surface area contributed by atoms with Crippen LogP contribution < -0.4 is 0 Å². The number of aromatic nitrogens is 2. The molecule has 0 saturated carbocycles. The summed E-state index contributed by atoms with van der Waals surface area (Å²) in [6, 6.07) is 5.21. The average Bonchev–Trinajstić information content (AvgIpc) is 2.81. The van der Waals surface area contributed by atoms with Crippen LogP contribution in [-0.2, 0) is 6.18 Å². The van der Waals surface area contributed by atoms with E-state index in [9.17, 15) is 13.2 Å². The fraction of sp³-hybridized carbons (Fsp3) is 0.273. The molecule has 18 heavy (non-hydrogen) atoms. The minimum Gasteiger partial charge on any atom is -0.166 e. The smallest absolute Gasteiger partial charge is 0.166 e. The Morgan fingerprint density at radius 3 is 2.39 bits per heavy atom. The lowest BCUT2D eigenvalue weighted by molar-refractivity contribution is -0.137. The maximum atomic E-state index is 12.4. The molecular weight excluding hydrogens is 281 g/mol. The van der Waals surface area contributed by atoms with Crippen LogP contribution in [0.3, 0.4) is 0 Å². The Kier molecular flexibility index (Phi) is 3.91. The van der Waals surface area contributed by atoms with Crippen molar-refractivity contribution >= 4 is 23.1 Å². The lowest BCUT2D eigenvalue weighted by atomic mass is 10.1. The summed E-state index contributed by atoms with van der Waals surface area (Å²) in [5.74, 6) is 0. The zero-order chi connectivity index (χ0) is 13.2. The SMILES string of the molecule is C[C@H](Sc1nncs1)c1ccc(C(F)(F)F)cc1. The summed E-state index contributed by atoms with van der Waals surface area (Å²) in [6.45, 7) is 1.93. The van der Waals surface area contributed by atoms with Gasteiger partial charge in [0.1, 0.15) is 5.51 Å². The van der Waals surface area contributed by atoms with Crippen LogP contribution >= 0.6 is 23.1 Å². The van der Waals surface area contributed by atoms with Gasteiger partial charge in [0, 0.05) is 5.25 Å². The number of thioether (sulfide) groups is 1. The van der Waals surface area contributed by atoms with Gasteiger partial charge in [-0.15, -0.1) is 10.2 Å². The molecule has 0 radical (unpaired) electrons. The maximum Gasteiger partial charge on any atom is 0.416 e. The lowest BCUT2D eigenvalue weighted by Gasteiger charge is -2.11. The van der Waals surface area contributed by atoms with Gasteiger partial charge in [-0.3, -0.25) is 0 Å². The number of hydrogen-bond donors (Lipinski definition) is 0. The van der Waals surface area contributed by atoms with Gasteiger partial charge in [0.2, 0.25) is 0 Å². The first kappa shape index (κ1) is 13.4. The number of hydrogen-bond acceptors (Lipinski definition) is 4. The molecule has 0 aliphatic rings. The quantitative estimate of drug-likeness (QED) is 0.783. The first-order chi connectivity index (χ1) is 8.47. The normalized spacial score (nSPS) is 13.6. The van der Waals surface area contributed by atoms with Gasteiger partial charge < -0.3 is 0 Å². The summed E-state index contributed by atoms with van der Waals surface area (Å²) in [5, 5.41) is 7.65. The van der Waals surface area contributed by atoms with Crippen molar-refractivity contribution in [1.29, 1.82) is 0 Å². The predicted octanol–water partition coefficient (Wildman–Crippen LogP) is 4.41. The van der Waals surface area contributed by atoms with Crippen molar-refractivity contribution in [1.82, 2.24) is 10.2 Å². The molecule has 0 aliphatic heterocycles. The number of rotatable bonds is 3. The van der Waals surface area contributed by atoms with Crippen LogP contribution in [-0.4, -0.2) is 10.2 Å². The van der Waals surface area contributed by atoms with Gasteiger partial charge in [0.25, 0.3) is 0 Å². The van der Waals surface area contributed by atoms with Gasteiger partial charge in [-0.2, -0.15) is 13.2 Å². The summed E-state index contributed by atoms with van der Waals surface area (Å²) < 4.78 is 38.0. The molecule has 0 fully saturated rings. The minimum absolute atomic E-state index is 0.0419. The van der Waals surface area contributed by atoms with Gasteiger partial charge in [-0.05, 0) is 24.6 Å². The van der Waals surface area contributed by atoms with Crippen molar-refractivity contribution in [2.24, 2.45) is 0 Å². The molecule has 0 N–H and O–H groups in total. The van der Waals surface area contributed by atoms with Gasteiger partial charge in [-0.25, -0.2) is 0 Å². The van der Waals surface area contributed by atoms with Crippen LogP contribution in [0.5, 0.6) is 0 Å². The fourth-order valence-corrected chi connectivity index (χ4v) is 3.13. The molecule has 0 aliphatic carbocycles. The minimum atomic E-state index is -4.28. The lowest BCUT2D eigenvalue weighted by Crippen LogP contribution is -2.04. The van der Waals surface area contributed by atoms with E-state index in [2.05, 4.69) is 10.2 Å². The van der Waals surface area contributed by atoms with E-state index in [4.69, 9.17) is 0 Å². The van der Waals surface area contributed by atoms with E-state index in [1.165, 1.54) is 35.2 Å². The molecule has 2 rings (SSSR count). The largest absolute Gasteiger partial charge is 0.416 e. The van der Waals surface area contributed by atoms with Crippen molar-refractivity contribution in [3.63, 3.8) is 0 Å². The van der Waals surface area contributed by atoms with E-state index in [-0.39, 0.29) is 5.25 Å². The summed E-state index contributed by atoms with van der Waals surface area (Å²) in [7, 11) is 0. The van der Waals surface area contributed by atoms with Crippen molar-refractivity contribution < 1.29 is 13.2 Å². The molecule has 1 heterocycles. The van der Waals surface area contributed by atoms with E-state index >= 15 is 0 Å². The van der Waals surface area contributed by atoms with Crippen LogP contribution in [0.1, 0.15) is 23.3 Å². The van der Waals surface area contributed by atoms with Gasteiger partial charge in [0.15, 0.2) is 4.34 Å². The molecule has 0 bridgehead atoms. The molecule has 1 atom stereocenters. The van der Waals surface area contributed by atoms with Crippen LogP contribution in [0, 0.1) is 0 Å². The van der Waals surface area contributed by atoms with Crippen molar-refractivity contribution in [3.05, 3.63) is 40.9 Å². The molecule has 2 nitrogen and oxygen atoms in total. The van der Waals surface area contributed by atoms with Crippen molar-refractivity contribution in [2.75, 3.05) is 0 Å². The Balaban J connectivity index is 2.10. The topological polar surface area (TPSA) is 25.8 Å². The molecule has 2 aromatic rings.